The van der Waals surface area contributed by atoms with Crippen LogP contribution in [-0.4, -0.2) is 21.2 Å². The summed E-state index contributed by atoms with van der Waals surface area (Å²) in [6.07, 6.45) is 4.06. The third-order valence-corrected chi connectivity index (χ3v) is 2.83. The van der Waals surface area contributed by atoms with Gasteiger partial charge in [-0.2, -0.15) is 4.98 Å². The lowest BCUT2D eigenvalue weighted by atomic mass is 10.1. The summed E-state index contributed by atoms with van der Waals surface area (Å²) in [5, 5.41) is 12.8. The average molecular weight is 260 g/mol. The van der Waals surface area contributed by atoms with Crippen LogP contribution in [-0.2, 0) is 6.42 Å². The number of carboxylic acids is 1. The second-order valence-electron chi connectivity index (χ2n) is 4.35. The van der Waals surface area contributed by atoms with E-state index in [-0.39, 0.29) is 5.56 Å². The Hall–Kier alpha value is -2.17. The molecule has 0 fully saturated rings. The molecule has 0 bridgehead atoms. The maximum atomic E-state index is 10.9. The lowest BCUT2D eigenvalue weighted by Crippen LogP contribution is -1.96. The molecule has 0 unspecified atom stereocenters. The van der Waals surface area contributed by atoms with Crippen molar-refractivity contribution in [2.24, 2.45) is 0 Å². The highest BCUT2D eigenvalue weighted by Gasteiger charge is 2.10. The van der Waals surface area contributed by atoms with E-state index >= 15 is 0 Å². The molecule has 100 valence electrons. The van der Waals surface area contributed by atoms with Crippen molar-refractivity contribution in [2.75, 3.05) is 0 Å². The van der Waals surface area contributed by atoms with Crippen LogP contribution in [0.4, 0.5) is 0 Å². The summed E-state index contributed by atoms with van der Waals surface area (Å²) in [4.78, 5) is 15.2. The Balaban J connectivity index is 2.13. The smallest absolute Gasteiger partial charge is 0.335 e. The first kappa shape index (κ1) is 13.3. The van der Waals surface area contributed by atoms with Gasteiger partial charge < -0.3 is 9.63 Å². The largest absolute Gasteiger partial charge is 0.478 e. The number of nitrogens with zero attached hydrogens (tertiary/aromatic N) is 2. The fourth-order valence-electron chi connectivity index (χ4n) is 1.79. The van der Waals surface area contributed by atoms with Gasteiger partial charge >= 0.3 is 5.97 Å². The molecule has 0 saturated heterocycles. The predicted octanol–water partition coefficient (Wildman–Crippen LogP) is 3.17. The van der Waals surface area contributed by atoms with Gasteiger partial charge in [-0.25, -0.2) is 4.79 Å². The first-order chi connectivity index (χ1) is 9.20. The second kappa shape index (κ2) is 6.13. The highest BCUT2D eigenvalue weighted by atomic mass is 16.5. The molecule has 0 aliphatic rings. The number of benzene rings is 1. The van der Waals surface area contributed by atoms with Crippen molar-refractivity contribution in [3.63, 3.8) is 0 Å². The quantitative estimate of drug-likeness (QED) is 0.807. The number of rotatable bonds is 6. The molecule has 0 saturated carbocycles. The van der Waals surface area contributed by atoms with Crippen LogP contribution in [0.5, 0.6) is 0 Å². The zero-order valence-corrected chi connectivity index (χ0v) is 10.8. The summed E-state index contributed by atoms with van der Waals surface area (Å²) in [7, 11) is 0. The summed E-state index contributed by atoms with van der Waals surface area (Å²) >= 11 is 0. The van der Waals surface area contributed by atoms with Crippen LogP contribution < -0.4 is 0 Å². The fraction of sp³-hybridized carbons (Fsp3) is 0.357. The lowest BCUT2D eigenvalue weighted by molar-refractivity contribution is 0.0697. The molecule has 0 aliphatic heterocycles. The van der Waals surface area contributed by atoms with Crippen LogP contribution in [0, 0.1) is 0 Å². The van der Waals surface area contributed by atoms with E-state index in [0.717, 1.165) is 25.7 Å². The fourth-order valence-corrected chi connectivity index (χ4v) is 1.79. The molecule has 2 rings (SSSR count). The van der Waals surface area contributed by atoms with E-state index < -0.39 is 5.97 Å². The molecule has 0 aliphatic carbocycles. The average Bonchev–Trinajstić information content (AvgIpc) is 2.88. The summed E-state index contributed by atoms with van der Waals surface area (Å²) in [6.45, 7) is 2.14. The van der Waals surface area contributed by atoms with Gasteiger partial charge in [0.25, 0.3) is 0 Å². The second-order valence-corrected chi connectivity index (χ2v) is 4.35. The van der Waals surface area contributed by atoms with Crippen molar-refractivity contribution < 1.29 is 14.4 Å². The highest BCUT2D eigenvalue weighted by molar-refractivity contribution is 5.89. The summed E-state index contributed by atoms with van der Waals surface area (Å²) < 4.78 is 5.16. The third kappa shape index (κ3) is 3.40. The molecule has 0 amide bonds. The van der Waals surface area contributed by atoms with Gasteiger partial charge in [-0.1, -0.05) is 37.1 Å². The Morgan fingerprint density at radius 1 is 1.37 bits per heavy atom. The molecular formula is C14H16N2O3. The van der Waals surface area contributed by atoms with Crippen molar-refractivity contribution in [3.8, 4) is 11.4 Å². The monoisotopic (exact) mass is 260 g/mol. The minimum atomic E-state index is -0.964. The topological polar surface area (TPSA) is 76.2 Å². The molecule has 2 aromatic rings. The van der Waals surface area contributed by atoms with Crippen molar-refractivity contribution >= 4 is 5.97 Å². The number of carbonyl (C=O) groups is 1. The van der Waals surface area contributed by atoms with E-state index in [1.807, 2.05) is 0 Å². The van der Waals surface area contributed by atoms with Crippen LogP contribution in [0.25, 0.3) is 11.4 Å². The summed E-state index contributed by atoms with van der Waals surface area (Å²) in [6, 6.07) is 6.52. The number of aromatic carboxylic acids is 1. The number of hydrogen-bond acceptors (Lipinski definition) is 4. The van der Waals surface area contributed by atoms with Crippen LogP contribution in [0.2, 0.25) is 0 Å². The first-order valence-corrected chi connectivity index (χ1v) is 6.37. The molecule has 1 heterocycles. The van der Waals surface area contributed by atoms with E-state index in [1.54, 1.807) is 18.2 Å². The molecular weight excluding hydrogens is 244 g/mol. The van der Waals surface area contributed by atoms with E-state index in [9.17, 15) is 4.79 Å². The first-order valence-electron chi connectivity index (χ1n) is 6.37. The summed E-state index contributed by atoms with van der Waals surface area (Å²) in [5.41, 5.74) is 0.875. The lowest BCUT2D eigenvalue weighted by Gasteiger charge is -1.96. The van der Waals surface area contributed by atoms with Gasteiger partial charge in [-0.15, -0.1) is 0 Å². The number of aromatic nitrogens is 2. The third-order valence-electron chi connectivity index (χ3n) is 2.83. The van der Waals surface area contributed by atoms with E-state index in [1.165, 1.54) is 6.07 Å². The molecule has 0 atom stereocenters. The zero-order chi connectivity index (χ0) is 13.7. The maximum Gasteiger partial charge on any atom is 0.335 e. The van der Waals surface area contributed by atoms with Gasteiger partial charge in [-0.3, -0.25) is 0 Å². The van der Waals surface area contributed by atoms with E-state index in [2.05, 4.69) is 17.1 Å². The molecule has 5 heteroatoms. The number of aryl methyl sites for hydroxylation is 1. The minimum absolute atomic E-state index is 0.217. The molecule has 1 aromatic heterocycles. The normalized spacial score (nSPS) is 10.6. The maximum absolute atomic E-state index is 10.9. The molecule has 0 radical (unpaired) electrons. The highest BCUT2D eigenvalue weighted by Crippen LogP contribution is 2.18. The van der Waals surface area contributed by atoms with Gasteiger partial charge in [0.15, 0.2) is 0 Å². The van der Waals surface area contributed by atoms with Gasteiger partial charge in [-0.05, 0) is 18.6 Å². The van der Waals surface area contributed by atoms with Crippen molar-refractivity contribution in [1.29, 1.82) is 0 Å². The van der Waals surface area contributed by atoms with Crippen molar-refractivity contribution in [2.45, 2.75) is 32.6 Å². The van der Waals surface area contributed by atoms with Crippen molar-refractivity contribution in [3.05, 3.63) is 35.7 Å². The number of carboxylic acid groups (broad SMARTS) is 1. The molecule has 19 heavy (non-hydrogen) atoms. The van der Waals surface area contributed by atoms with Gasteiger partial charge in [0, 0.05) is 12.0 Å². The SMILES string of the molecule is CCCCCc1nc(-c2cccc(C(=O)O)c2)no1. The molecule has 1 aromatic carbocycles. The Morgan fingerprint density at radius 2 is 2.21 bits per heavy atom. The molecule has 0 spiro atoms. The Bertz CT molecular complexity index is 563. The van der Waals surface area contributed by atoms with E-state index in [4.69, 9.17) is 9.63 Å². The standard InChI is InChI=1S/C14H16N2O3/c1-2-3-4-8-12-15-13(16-19-12)10-6-5-7-11(9-10)14(17)18/h5-7,9H,2-4,8H2,1H3,(H,17,18). The Morgan fingerprint density at radius 3 is 2.95 bits per heavy atom. The Kier molecular flexibility index (Phi) is 4.28. The number of hydrogen-bond donors (Lipinski definition) is 1. The van der Waals surface area contributed by atoms with Gasteiger partial charge in [0.1, 0.15) is 0 Å². The van der Waals surface area contributed by atoms with Crippen LogP contribution in [0.15, 0.2) is 28.8 Å². The number of unbranched alkanes of at least 4 members (excludes halogenated alkanes) is 2. The minimum Gasteiger partial charge on any atom is -0.478 e. The van der Waals surface area contributed by atoms with E-state index in [0.29, 0.717) is 17.3 Å². The van der Waals surface area contributed by atoms with Crippen LogP contribution in [0.3, 0.4) is 0 Å². The molecule has 1 N–H and O–H groups in total. The molecule has 5 nitrogen and oxygen atoms in total. The van der Waals surface area contributed by atoms with Crippen molar-refractivity contribution in [1.82, 2.24) is 10.1 Å². The van der Waals surface area contributed by atoms with Crippen LogP contribution in [0.1, 0.15) is 42.4 Å². The zero-order valence-electron chi connectivity index (χ0n) is 10.8. The Labute approximate surface area is 111 Å². The summed E-state index contributed by atoms with van der Waals surface area (Å²) in [5.74, 6) is 0.0762. The van der Waals surface area contributed by atoms with Gasteiger partial charge in [0.2, 0.25) is 11.7 Å². The van der Waals surface area contributed by atoms with Crippen LogP contribution >= 0.6 is 0 Å². The predicted molar refractivity (Wildman–Crippen MR) is 69.9 cm³/mol. The van der Waals surface area contributed by atoms with Gasteiger partial charge in [0.05, 0.1) is 5.56 Å².